The van der Waals surface area contributed by atoms with Gasteiger partial charge in [-0.1, -0.05) is 37.5 Å². The molecule has 3 aromatic heterocycles. The van der Waals surface area contributed by atoms with Crippen molar-refractivity contribution in [2.24, 2.45) is 13.0 Å². The molecule has 8 heteroatoms. The van der Waals surface area contributed by atoms with Crippen LogP contribution in [0.5, 0.6) is 0 Å². The molecule has 2 amide bonds. The summed E-state index contributed by atoms with van der Waals surface area (Å²) in [6.07, 6.45) is 7.70. The lowest BCUT2D eigenvalue weighted by molar-refractivity contribution is -0.123. The number of carbonyl (C=O) groups is 2. The monoisotopic (exact) mass is 551 g/mol. The molecule has 0 atom stereocenters. The first-order valence-corrected chi connectivity index (χ1v) is 14.8. The summed E-state index contributed by atoms with van der Waals surface area (Å²) in [5.41, 5.74) is 3.77. The molecule has 0 saturated heterocycles. The molecule has 40 heavy (non-hydrogen) atoms. The average molecular weight is 552 g/mol. The summed E-state index contributed by atoms with van der Waals surface area (Å²) in [4.78, 5) is 38.6. The molecular weight excluding hydrogens is 518 g/mol. The fraction of sp³-hybridized carbons (Fsp3) is 0.312. The Labute approximate surface area is 237 Å². The molecule has 204 valence electrons. The van der Waals surface area contributed by atoms with E-state index >= 15 is 0 Å². The number of imidazole rings is 1. The standard InChI is InChI=1S/C32H33N5O2S/c1-36-27-13-6-5-12-26(27)35-30(36)21-37(32(39)22-9-3-2-4-10-22)25-14-15-28-23(19-25)20-29(40-28)31(38)34-18-16-24-11-7-8-17-33-24/h5-8,11-15,17,19-20,22H,2-4,9-10,16,18,21H2,1H3,(H,34,38). The highest BCUT2D eigenvalue weighted by atomic mass is 32.1. The van der Waals surface area contributed by atoms with E-state index in [0.717, 1.165) is 64.0 Å². The number of aromatic nitrogens is 3. The Morgan fingerprint density at radius 1 is 1.02 bits per heavy atom. The molecule has 1 fully saturated rings. The molecule has 1 N–H and O–H groups in total. The summed E-state index contributed by atoms with van der Waals surface area (Å²) in [5.74, 6) is 0.952. The van der Waals surface area contributed by atoms with Crippen LogP contribution in [-0.4, -0.2) is 32.9 Å². The van der Waals surface area contributed by atoms with Crippen LogP contribution in [0.3, 0.4) is 0 Å². The van der Waals surface area contributed by atoms with Crippen molar-refractivity contribution in [2.75, 3.05) is 11.4 Å². The number of pyridine rings is 1. The third-order valence-corrected chi connectivity index (χ3v) is 8.94. The highest BCUT2D eigenvalue weighted by Crippen LogP contribution is 2.33. The zero-order valence-electron chi connectivity index (χ0n) is 22.7. The first kappa shape index (κ1) is 26.2. The van der Waals surface area contributed by atoms with Gasteiger partial charge in [0.05, 0.1) is 22.5 Å². The Hall–Kier alpha value is -4.04. The van der Waals surface area contributed by atoms with Crippen LogP contribution >= 0.6 is 11.3 Å². The number of nitrogens with zero attached hydrogens (tertiary/aromatic N) is 4. The Balaban J connectivity index is 1.26. The number of hydrogen-bond acceptors (Lipinski definition) is 5. The maximum Gasteiger partial charge on any atom is 0.261 e. The molecule has 0 spiro atoms. The van der Waals surface area contributed by atoms with Gasteiger partial charge in [-0.25, -0.2) is 4.98 Å². The Kier molecular flexibility index (Phi) is 7.60. The van der Waals surface area contributed by atoms with Gasteiger partial charge in [0.1, 0.15) is 5.82 Å². The molecule has 7 nitrogen and oxygen atoms in total. The molecule has 0 radical (unpaired) electrons. The Morgan fingerprint density at radius 2 is 1.85 bits per heavy atom. The largest absolute Gasteiger partial charge is 0.351 e. The summed E-state index contributed by atoms with van der Waals surface area (Å²) in [7, 11) is 2.01. The van der Waals surface area contributed by atoms with Gasteiger partial charge in [-0.3, -0.25) is 14.6 Å². The smallest absolute Gasteiger partial charge is 0.261 e. The van der Waals surface area contributed by atoms with Crippen molar-refractivity contribution in [1.29, 1.82) is 0 Å². The van der Waals surface area contributed by atoms with Crippen molar-refractivity contribution in [2.45, 2.75) is 45.1 Å². The van der Waals surface area contributed by atoms with Crippen LogP contribution < -0.4 is 10.2 Å². The van der Waals surface area contributed by atoms with Crippen LogP contribution in [0.25, 0.3) is 21.1 Å². The predicted molar refractivity (Wildman–Crippen MR) is 161 cm³/mol. The summed E-state index contributed by atoms with van der Waals surface area (Å²) in [5, 5.41) is 3.98. The van der Waals surface area contributed by atoms with Crippen molar-refractivity contribution < 1.29 is 9.59 Å². The van der Waals surface area contributed by atoms with Gasteiger partial charge >= 0.3 is 0 Å². The number of hydrogen-bond donors (Lipinski definition) is 1. The normalized spacial score (nSPS) is 14.0. The summed E-state index contributed by atoms with van der Waals surface area (Å²) < 4.78 is 3.10. The van der Waals surface area contributed by atoms with Gasteiger partial charge in [-0.2, -0.15) is 0 Å². The second-order valence-corrected chi connectivity index (χ2v) is 11.6. The van der Waals surface area contributed by atoms with E-state index in [0.29, 0.717) is 24.4 Å². The summed E-state index contributed by atoms with van der Waals surface area (Å²) in [6.45, 7) is 0.925. The quantitative estimate of drug-likeness (QED) is 0.247. The van der Waals surface area contributed by atoms with Gasteiger partial charge < -0.3 is 14.8 Å². The van der Waals surface area contributed by atoms with Gasteiger partial charge in [-0.15, -0.1) is 11.3 Å². The van der Waals surface area contributed by atoms with Crippen molar-refractivity contribution in [3.05, 3.63) is 89.3 Å². The Morgan fingerprint density at radius 3 is 2.65 bits per heavy atom. The number of rotatable bonds is 8. The fourth-order valence-corrected chi connectivity index (χ4v) is 6.55. The lowest BCUT2D eigenvalue weighted by Gasteiger charge is -2.29. The third-order valence-electron chi connectivity index (χ3n) is 7.83. The van der Waals surface area contributed by atoms with Crippen LogP contribution in [0, 0.1) is 5.92 Å². The number of benzene rings is 2. The first-order valence-electron chi connectivity index (χ1n) is 14.0. The van der Waals surface area contributed by atoms with Crippen LogP contribution in [0.1, 0.15) is 53.3 Å². The summed E-state index contributed by atoms with van der Waals surface area (Å²) in [6, 6.07) is 21.9. The number of nitrogens with one attached hydrogen (secondary N) is 1. The number of para-hydroxylation sites is 2. The second-order valence-electron chi connectivity index (χ2n) is 10.5. The molecule has 1 saturated carbocycles. The molecule has 5 aromatic rings. The molecule has 0 bridgehead atoms. The van der Waals surface area contributed by atoms with E-state index < -0.39 is 0 Å². The molecule has 3 heterocycles. The number of thiophene rings is 1. The van der Waals surface area contributed by atoms with Crippen LogP contribution in [0.15, 0.2) is 72.9 Å². The van der Waals surface area contributed by atoms with E-state index in [1.165, 1.54) is 17.8 Å². The van der Waals surface area contributed by atoms with Gasteiger partial charge in [0.15, 0.2) is 0 Å². The average Bonchev–Trinajstić information content (AvgIpc) is 3.57. The van der Waals surface area contributed by atoms with Crippen LogP contribution in [0.4, 0.5) is 5.69 Å². The summed E-state index contributed by atoms with van der Waals surface area (Å²) >= 11 is 1.47. The molecule has 0 unspecified atom stereocenters. The van der Waals surface area contributed by atoms with Gasteiger partial charge in [0.2, 0.25) is 5.91 Å². The minimum atomic E-state index is -0.0893. The van der Waals surface area contributed by atoms with Crippen molar-refractivity contribution in [3.8, 4) is 0 Å². The number of aryl methyl sites for hydroxylation is 1. The highest BCUT2D eigenvalue weighted by molar-refractivity contribution is 7.20. The molecule has 6 rings (SSSR count). The SMILES string of the molecule is Cn1c(CN(C(=O)C2CCCCC2)c2ccc3sc(C(=O)NCCc4ccccn4)cc3c2)nc2ccccc21. The van der Waals surface area contributed by atoms with E-state index in [2.05, 4.69) is 20.9 Å². The van der Waals surface area contributed by atoms with Crippen LogP contribution in [-0.2, 0) is 24.8 Å². The minimum absolute atomic E-state index is 0.0297. The first-order chi connectivity index (χ1) is 19.6. The number of fused-ring (bicyclic) bond motifs is 2. The highest BCUT2D eigenvalue weighted by Gasteiger charge is 2.28. The topological polar surface area (TPSA) is 80.1 Å². The second kappa shape index (κ2) is 11.6. The van der Waals surface area contributed by atoms with E-state index in [1.54, 1.807) is 6.20 Å². The maximum absolute atomic E-state index is 13.9. The molecule has 2 aromatic carbocycles. The van der Waals surface area contributed by atoms with E-state index in [-0.39, 0.29) is 17.7 Å². The number of carbonyl (C=O) groups excluding carboxylic acids is 2. The third kappa shape index (κ3) is 5.49. The molecule has 1 aliphatic carbocycles. The van der Waals surface area contributed by atoms with Crippen molar-refractivity contribution in [3.63, 3.8) is 0 Å². The zero-order chi connectivity index (χ0) is 27.5. The van der Waals surface area contributed by atoms with Gasteiger partial charge in [0, 0.05) is 48.2 Å². The van der Waals surface area contributed by atoms with Gasteiger partial charge in [0.25, 0.3) is 5.91 Å². The Bertz CT molecular complexity index is 1650. The van der Waals surface area contributed by atoms with Crippen LogP contribution in [0.2, 0.25) is 0 Å². The fourth-order valence-electron chi connectivity index (χ4n) is 5.59. The minimum Gasteiger partial charge on any atom is -0.351 e. The lowest BCUT2D eigenvalue weighted by atomic mass is 9.88. The lowest BCUT2D eigenvalue weighted by Crippen LogP contribution is -2.37. The molecule has 0 aliphatic heterocycles. The predicted octanol–water partition coefficient (Wildman–Crippen LogP) is 6.27. The number of anilines is 1. The number of amides is 2. The molecular formula is C32H33N5O2S. The van der Waals surface area contributed by atoms with Gasteiger partial charge in [-0.05, 0) is 66.8 Å². The van der Waals surface area contributed by atoms with E-state index in [9.17, 15) is 9.59 Å². The van der Waals surface area contributed by atoms with E-state index in [1.807, 2.05) is 72.6 Å². The van der Waals surface area contributed by atoms with E-state index in [4.69, 9.17) is 4.98 Å². The zero-order valence-corrected chi connectivity index (χ0v) is 23.5. The van der Waals surface area contributed by atoms with Crippen molar-refractivity contribution in [1.82, 2.24) is 19.9 Å². The maximum atomic E-state index is 13.9. The van der Waals surface area contributed by atoms with Crippen molar-refractivity contribution >= 4 is 50.0 Å². The molecule has 1 aliphatic rings.